The predicted octanol–water partition coefficient (Wildman–Crippen LogP) is 3.16. The molecule has 0 spiro atoms. The summed E-state index contributed by atoms with van der Waals surface area (Å²) in [6, 6.07) is 2.85. The van der Waals surface area contributed by atoms with Gasteiger partial charge in [-0.2, -0.15) is 0 Å². The average molecular weight is 253 g/mol. The van der Waals surface area contributed by atoms with Crippen molar-refractivity contribution in [1.82, 2.24) is 4.98 Å². The van der Waals surface area contributed by atoms with E-state index in [0.717, 1.165) is 23.9 Å². The number of aryl methyl sites for hydroxylation is 1. The predicted molar refractivity (Wildman–Crippen MR) is 61.2 cm³/mol. The zero-order chi connectivity index (χ0) is 12.4. The number of hydrogen-bond donors (Lipinski definition) is 0. The van der Waals surface area contributed by atoms with Crippen LogP contribution in [0.2, 0.25) is 0 Å². The van der Waals surface area contributed by atoms with Crippen molar-refractivity contribution in [2.24, 2.45) is 0 Å². The first-order valence-electron chi connectivity index (χ1n) is 4.95. The summed E-state index contributed by atoms with van der Waals surface area (Å²) in [5.41, 5.74) is 0.593. The number of carbonyl (C=O) groups is 1. The Morgan fingerprint density at radius 1 is 1.41 bits per heavy atom. The van der Waals surface area contributed by atoms with Gasteiger partial charge in [0.05, 0.1) is 12.0 Å². The number of aromatic nitrogens is 1. The summed E-state index contributed by atoms with van der Waals surface area (Å²) in [6.45, 7) is 1.81. The second-order valence-electron chi connectivity index (χ2n) is 3.61. The number of ketones is 1. The summed E-state index contributed by atoms with van der Waals surface area (Å²) in [6.07, 6.45) is -0.00111. The minimum Gasteiger partial charge on any atom is -0.294 e. The highest BCUT2D eigenvalue weighted by Gasteiger charge is 2.14. The van der Waals surface area contributed by atoms with Crippen LogP contribution in [-0.4, -0.2) is 10.8 Å². The van der Waals surface area contributed by atoms with Gasteiger partial charge in [0.25, 0.3) is 0 Å². The van der Waals surface area contributed by atoms with E-state index in [2.05, 4.69) is 4.98 Å². The molecular weight excluding hydrogens is 244 g/mol. The summed E-state index contributed by atoms with van der Waals surface area (Å²) < 4.78 is 26.2. The topological polar surface area (TPSA) is 30.0 Å². The normalized spacial score (nSPS) is 10.5. The van der Waals surface area contributed by atoms with Crippen molar-refractivity contribution in [3.05, 3.63) is 51.5 Å². The standard InChI is InChI=1S/C12H9F2NOS/c1-7-6-17-12(15-7)5-11(16)9-4-8(13)2-3-10(9)14/h2-4,6H,5H2,1H3. The number of benzene rings is 1. The number of carbonyl (C=O) groups excluding carboxylic acids is 1. The molecule has 2 rings (SSSR count). The Morgan fingerprint density at radius 3 is 2.82 bits per heavy atom. The Morgan fingerprint density at radius 2 is 2.18 bits per heavy atom. The van der Waals surface area contributed by atoms with E-state index in [9.17, 15) is 13.6 Å². The van der Waals surface area contributed by atoms with Gasteiger partial charge in [-0.25, -0.2) is 13.8 Å². The summed E-state index contributed by atoms with van der Waals surface area (Å²) in [7, 11) is 0. The second kappa shape index (κ2) is 4.71. The molecule has 2 nitrogen and oxygen atoms in total. The van der Waals surface area contributed by atoms with Gasteiger partial charge in [-0.05, 0) is 25.1 Å². The fraction of sp³-hybridized carbons (Fsp3) is 0.167. The molecule has 0 unspecified atom stereocenters. The molecule has 17 heavy (non-hydrogen) atoms. The number of thiazole rings is 1. The Hall–Kier alpha value is -1.62. The van der Waals surface area contributed by atoms with E-state index < -0.39 is 17.4 Å². The Balaban J connectivity index is 2.22. The molecule has 0 aliphatic heterocycles. The molecule has 5 heteroatoms. The van der Waals surface area contributed by atoms with E-state index >= 15 is 0 Å². The molecule has 0 N–H and O–H groups in total. The first kappa shape index (κ1) is 11.9. The molecule has 0 aliphatic carbocycles. The third-order valence-corrected chi connectivity index (χ3v) is 3.17. The van der Waals surface area contributed by atoms with Crippen LogP contribution in [0.1, 0.15) is 21.1 Å². The maximum absolute atomic E-state index is 13.3. The average Bonchev–Trinajstić information content (AvgIpc) is 2.67. The summed E-state index contributed by atoms with van der Waals surface area (Å²) in [5, 5.41) is 2.42. The Kier molecular flexibility index (Phi) is 3.28. The molecular formula is C12H9F2NOS. The van der Waals surface area contributed by atoms with Crippen LogP contribution < -0.4 is 0 Å². The molecule has 0 bridgehead atoms. The number of nitrogens with zero attached hydrogens (tertiary/aromatic N) is 1. The molecule has 0 aliphatic rings. The van der Waals surface area contributed by atoms with E-state index in [1.54, 1.807) is 0 Å². The smallest absolute Gasteiger partial charge is 0.172 e. The number of halogens is 2. The van der Waals surface area contributed by atoms with Crippen molar-refractivity contribution >= 4 is 17.1 Å². The first-order valence-corrected chi connectivity index (χ1v) is 5.83. The van der Waals surface area contributed by atoms with Gasteiger partial charge >= 0.3 is 0 Å². The van der Waals surface area contributed by atoms with Crippen molar-refractivity contribution in [3.8, 4) is 0 Å². The monoisotopic (exact) mass is 253 g/mol. The van der Waals surface area contributed by atoms with Crippen LogP contribution in [0.15, 0.2) is 23.6 Å². The minimum atomic E-state index is -0.704. The molecule has 0 atom stereocenters. The van der Waals surface area contributed by atoms with Crippen LogP contribution >= 0.6 is 11.3 Å². The lowest BCUT2D eigenvalue weighted by atomic mass is 10.1. The van der Waals surface area contributed by atoms with Crippen LogP contribution in [0.4, 0.5) is 8.78 Å². The highest BCUT2D eigenvalue weighted by Crippen LogP contribution is 2.15. The largest absolute Gasteiger partial charge is 0.294 e. The van der Waals surface area contributed by atoms with Crippen molar-refractivity contribution < 1.29 is 13.6 Å². The molecule has 0 amide bonds. The SMILES string of the molecule is Cc1csc(CC(=O)c2cc(F)ccc2F)n1. The molecule has 2 aromatic rings. The third kappa shape index (κ3) is 2.74. The molecule has 1 aromatic carbocycles. The lowest BCUT2D eigenvalue weighted by Crippen LogP contribution is -2.06. The molecule has 0 saturated heterocycles. The van der Waals surface area contributed by atoms with E-state index in [1.807, 2.05) is 12.3 Å². The zero-order valence-corrected chi connectivity index (χ0v) is 9.85. The molecule has 0 fully saturated rings. The van der Waals surface area contributed by atoms with E-state index in [4.69, 9.17) is 0 Å². The molecule has 0 radical (unpaired) electrons. The number of hydrogen-bond acceptors (Lipinski definition) is 3. The Bertz CT molecular complexity index is 565. The van der Waals surface area contributed by atoms with Gasteiger partial charge in [0.15, 0.2) is 5.78 Å². The maximum atomic E-state index is 13.3. The fourth-order valence-corrected chi connectivity index (χ4v) is 2.20. The van der Waals surface area contributed by atoms with E-state index in [0.29, 0.717) is 5.01 Å². The quantitative estimate of drug-likeness (QED) is 0.786. The summed E-state index contributed by atoms with van der Waals surface area (Å²) >= 11 is 1.33. The van der Waals surface area contributed by atoms with Crippen LogP contribution in [0.3, 0.4) is 0 Å². The zero-order valence-electron chi connectivity index (χ0n) is 9.04. The highest BCUT2D eigenvalue weighted by atomic mass is 32.1. The Labute approximate surface area is 101 Å². The van der Waals surface area contributed by atoms with Gasteiger partial charge in [0, 0.05) is 11.1 Å². The van der Waals surface area contributed by atoms with Crippen molar-refractivity contribution in [3.63, 3.8) is 0 Å². The maximum Gasteiger partial charge on any atom is 0.172 e. The van der Waals surface area contributed by atoms with Gasteiger partial charge in [-0.15, -0.1) is 11.3 Å². The second-order valence-corrected chi connectivity index (χ2v) is 4.55. The summed E-state index contributed by atoms with van der Waals surface area (Å²) in [4.78, 5) is 15.9. The van der Waals surface area contributed by atoms with Gasteiger partial charge in [-0.1, -0.05) is 0 Å². The van der Waals surface area contributed by atoms with Crippen molar-refractivity contribution in [2.45, 2.75) is 13.3 Å². The van der Waals surface area contributed by atoms with Gasteiger partial charge < -0.3 is 0 Å². The van der Waals surface area contributed by atoms with Crippen LogP contribution in [0, 0.1) is 18.6 Å². The summed E-state index contributed by atoms with van der Waals surface area (Å²) in [5.74, 6) is -1.79. The lowest BCUT2D eigenvalue weighted by molar-refractivity contribution is 0.0988. The fourth-order valence-electron chi connectivity index (χ4n) is 1.43. The van der Waals surface area contributed by atoms with Crippen LogP contribution in [0.5, 0.6) is 0 Å². The van der Waals surface area contributed by atoms with Crippen LogP contribution in [0.25, 0.3) is 0 Å². The van der Waals surface area contributed by atoms with Crippen molar-refractivity contribution in [2.75, 3.05) is 0 Å². The first-order chi connectivity index (χ1) is 8.06. The number of Topliss-reactive ketones (excluding diaryl/α,β-unsaturated/α-hetero) is 1. The van der Waals surface area contributed by atoms with Crippen molar-refractivity contribution in [1.29, 1.82) is 0 Å². The molecule has 1 aromatic heterocycles. The highest BCUT2D eigenvalue weighted by molar-refractivity contribution is 7.09. The van der Waals surface area contributed by atoms with Gasteiger partial charge in [0.2, 0.25) is 0 Å². The van der Waals surface area contributed by atoms with E-state index in [-0.39, 0.29) is 12.0 Å². The minimum absolute atomic E-state index is 0.00111. The van der Waals surface area contributed by atoms with E-state index in [1.165, 1.54) is 11.3 Å². The molecule has 0 saturated carbocycles. The number of rotatable bonds is 3. The van der Waals surface area contributed by atoms with Gasteiger partial charge in [0.1, 0.15) is 16.6 Å². The molecule has 88 valence electrons. The lowest BCUT2D eigenvalue weighted by Gasteiger charge is -2.00. The van der Waals surface area contributed by atoms with Crippen LogP contribution in [-0.2, 0) is 6.42 Å². The van der Waals surface area contributed by atoms with Gasteiger partial charge in [-0.3, -0.25) is 4.79 Å². The molecule has 1 heterocycles. The third-order valence-electron chi connectivity index (χ3n) is 2.21.